The molecule has 1 aromatic heterocycles. The molecule has 23 heavy (non-hydrogen) atoms. The summed E-state index contributed by atoms with van der Waals surface area (Å²) in [7, 11) is 0. The first-order chi connectivity index (χ1) is 11.1. The van der Waals surface area contributed by atoms with E-state index >= 15 is 0 Å². The third-order valence-corrected chi connectivity index (χ3v) is 4.47. The number of para-hydroxylation sites is 1. The lowest BCUT2D eigenvalue weighted by molar-refractivity contribution is -0.132. The second-order valence-corrected chi connectivity index (χ2v) is 6.22. The van der Waals surface area contributed by atoms with Crippen molar-refractivity contribution < 1.29 is 9.53 Å². The van der Waals surface area contributed by atoms with Crippen molar-refractivity contribution >= 4 is 5.91 Å². The van der Waals surface area contributed by atoms with Crippen molar-refractivity contribution in [3.8, 4) is 5.75 Å². The molecule has 0 atom stereocenters. The molecule has 4 heteroatoms. The first-order valence-electron chi connectivity index (χ1n) is 8.27. The van der Waals surface area contributed by atoms with Crippen LogP contribution in [0.2, 0.25) is 0 Å². The van der Waals surface area contributed by atoms with E-state index in [4.69, 9.17) is 4.74 Å². The van der Waals surface area contributed by atoms with Gasteiger partial charge in [-0.3, -0.25) is 4.79 Å². The summed E-state index contributed by atoms with van der Waals surface area (Å²) in [5, 5.41) is 0. The van der Waals surface area contributed by atoms with Gasteiger partial charge in [0.2, 0.25) is 5.91 Å². The molecule has 1 aromatic carbocycles. The molecule has 0 unspecified atom stereocenters. The van der Waals surface area contributed by atoms with Gasteiger partial charge in [0.25, 0.3) is 0 Å². The first-order valence-corrected chi connectivity index (χ1v) is 8.27. The zero-order chi connectivity index (χ0) is 16.2. The van der Waals surface area contributed by atoms with Crippen LogP contribution in [-0.4, -0.2) is 28.9 Å². The van der Waals surface area contributed by atoms with Crippen molar-refractivity contribution in [1.82, 2.24) is 9.88 Å². The van der Waals surface area contributed by atoms with Crippen LogP contribution >= 0.6 is 0 Å². The highest BCUT2D eigenvalue weighted by Gasteiger charge is 2.20. The smallest absolute Gasteiger partial charge is 0.223 e. The zero-order valence-corrected chi connectivity index (χ0v) is 13.9. The summed E-state index contributed by atoms with van der Waals surface area (Å²) in [6, 6.07) is 8.21. The maximum Gasteiger partial charge on any atom is 0.223 e. The lowest BCUT2D eigenvalue weighted by Crippen LogP contribution is -2.35. The lowest BCUT2D eigenvalue weighted by Gasteiger charge is -2.27. The molecular weight excluding hydrogens is 288 g/mol. The Balaban J connectivity index is 1.45. The van der Waals surface area contributed by atoms with Gasteiger partial charge in [-0.15, -0.1) is 0 Å². The Labute approximate surface area is 137 Å². The highest BCUT2D eigenvalue weighted by Crippen LogP contribution is 2.23. The topological polar surface area (TPSA) is 45.3 Å². The minimum absolute atomic E-state index is 0.224. The third kappa shape index (κ3) is 3.58. The molecule has 122 valence electrons. The molecule has 3 rings (SSSR count). The van der Waals surface area contributed by atoms with Gasteiger partial charge in [0.1, 0.15) is 5.75 Å². The van der Waals surface area contributed by atoms with E-state index < -0.39 is 0 Å². The van der Waals surface area contributed by atoms with Crippen LogP contribution in [0.15, 0.2) is 30.5 Å². The van der Waals surface area contributed by atoms with Crippen LogP contribution in [0.1, 0.15) is 35.2 Å². The van der Waals surface area contributed by atoms with Gasteiger partial charge in [-0.05, 0) is 43.0 Å². The zero-order valence-electron chi connectivity index (χ0n) is 13.9. The minimum Gasteiger partial charge on any atom is -0.493 e. The Kier molecular flexibility index (Phi) is 4.70. The van der Waals surface area contributed by atoms with Crippen molar-refractivity contribution in [2.45, 2.75) is 39.7 Å². The van der Waals surface area contributed by atoms with Gasteiger partial charge >= 0.3 is 0 Å². The highest BCUT2D eigenvalue weighted by atomic mass is 16.5. The summed E-state index contributed by atoms with van der Waals surface area (Å²) < 4.78 is 5.87. The average molecular weight is 312 g/mol. The molecule has 0 spiro atoms. The number of hydrogen-bond acceptors (Lipinski definition) is 2. The Morgan fingerprint density at radius 1 is 1.26 bits per heavy atom. The number of hydrogen-bond donors (Lipinski definition) is 1. The number of amides is 1. The Bertz CT molecular complexity index is 670. The number of aromatic amines is 1. The number of benzene rings is 1. The number of ether oxygens (including phenoxy) is 1. The maximum atomic E-state index is 12.3. The number of H-pyrrole nitrogens is 1. The van der Waals surface area contributed by atoms with Crippen LogP contribution in [0, 0.1) is 13.8 Å². The van der Waals surface area contributed by atoms with Gasteiger partial charge < -0.3 is 14.6 Å². The molecule has 1 amide bonds. The SMILES string of the molecule is Cc1cccc(C)c1OCCCC(=O)N1CCc2[nH]ccc2C1. The number of carbonyl (C=O) groups is 1. The largest absolute Gasteiger partial charge is 0.493 e. The second-order valence-electron chi connectivity index (χ2n) is 6.22. The van der Waals surface area contributed by atoms with Gasteiger partial charge in [-0.25, -0.2) is 0 Å². The van der Waals surface area contributed by atoms with E-state index in [9.17, 15) is 4.79 Å². The minimum atomic E-state index is 0.224. The van der Waals surface area contributed by atoms with Gasteiger partial charge in [-0.1, -0.05) is 18.2 Å². The Morgan fingerprint density at radius 3 is 2.83 bits per heavy atom. The number of nitrogens with zero attached hydrogens (tertiary/aromatic N) is 1. The van der Waals surface area contributed by atoms with Gasteiger partial charge in [-0.2, -0.15) is 0 Å². The molecule has 2 heterocycles. The average Bonchev–Trinajstić information content (AvgIpc) is 3.01. The monoisotopic (exact) mass is 312 g/mol. The lowest BCUT2D eigenvalue weighted by atomic mass is 10.1. The Morgan fingerprint density at radius 2 is 2.04 bits per heavy atom. The first kappa shape index (κ1) is 15.7. The predicted octanol–water partition coefficient (Wildman–Crippen LogP) is 3.38. The van der Waals surface area contributed by atoms with Crippen LogP contribution in [0.4, 0.5) is 0 Å². The van der Waals surface area contributed by atoms with Gasteiger partial charge in [0.15, 0.2) is 0 Å². The van der Waals surface area contributed by atoms with Gasteiger partial charge in [0, 0.05) is 37.8 Å². The van der Waals surface area contributed by atoms with E-state index in [2.05, 4.69) is 37.0 Å². The van der Waals surface area contributed by atoms with Gasteiger partial charge in [0.05, 0.1) is 6.61 Å². The molecule has 4 nitrogen and oxygen atoms in total. The van der Waals surface area contributed by atoms with E-state index in [0.29, 0.717) is 13.0 Å². The summed E-state index contributed by atoms with van der Waals surface area (Å²) in [4.78, 5) is 17.5. The standard InChI is InChI=1S/C19H24N2O2/c1-14-5-3-6-15(2)19(14)23-12-4-7-18(22)21-11-9-17-16(13-21)8-10-20-17/h3,5-6,8,10,20H,4,7,9,11-13H2,1-2H3. The van der Waals surface area contributed by atoms with Crippen molar-refractivity contribution in [3.63, 3.8) is 0 Å². The van der Waals surface area contributed by atoms with Crippen LogP contribution in [0.5, 0.6) is 5.75 Å². The van der Waals surface area contributed by atoms with Crippen molar-refractivity contribution in [3.05, 3.63) is 52.8 Å². The molecule has 1 aliphatic rings. The molecular formula is C19H24N2O2. The molecule has 1 aliphatic heterocycles. The number of aromatic nitrogens is 1. The van der Waals surface area contributed by atoms with Crippen LogP contribution in [0.3, 0.4) is 0 Å². The summed E-state index contributed by atoms with van der Waals surface area (Å²) >= 11 is 0. The van der Waals surface area contributed by atoms with Crippen molar-refractivity contribution in [1.29, 1.82) is 0 Å². The molecule has 0 radical (unpaired) electrons. The molecule has 0 saturated carbocycles. The normalized spacial score (nSPS) is 13.7. The van der Waals surface area contributed by atoms with Crippen LogP contribution in [0.25, 0.3) is 0 Å². The number of aryl methyl sites for hydroxylation is 2. The third-order valence-electron chi connectivity index (χ3n) is 4.47. The summed E-state index contributed by atoms with van der Waals surface area (Å²) in [5.74, 6) is 1.18. The fraction of sp³-hybridized carbons (Fsp3) is 0.421. The maximum absolute atomic E-state index is 12.3. The summed E-state index contributed by atoms with van der Waals surface area (Å²) in [6.07, 6.45) is 4.18. The van der Waals surface area contributed by atoms with Crippen molar-refractivity contribution in [2.24, 2.45) is 0 Å². The van der Waals surface area contributed by atoms with E-state index in [1.165, 1.54) is 11.3 Å². The van der Waals surface area contributed by atoms with E-state index in [1.54, 1.807) is 0 Å². The Hall–Kier alpha value is -2.23. The quantitative estimate of drug-likeness (QED) is 0.860. The number of carbonyl (C=O) groups excluding carboxylic acids is 1. The fourth-order valence-corrected chi connectivity index (χ4v) is 3.14. The molecule has 0 saturated heterocycles. The molecule has 2 aromatic rings. The summed E-state index contributed by atoms with van der Waals surface area (Å²) in [5.41, 5.74) is 4.81. The van der Waals surface area contributed by atoms with Crippen molar-refractivity contribution in [2.75, 3.05) is 13.2 Å². The highest BCUT2D eigenvalue weighted by molar-refractivity contribution is 5.76. The summed E-state index contributed by atoms with van der Waals surface area (Å²) in [6.45, 7) is 6.23. The number of nitrogens with one attached hydrogen (secondary N) is 1. The number of rotatable bonds is 5. The second kappa shape index (κ2) is 6.90. The fourth-order valence-electron chi connectivity index (χ4n) is 3.14. The molecule has 0 fully saturated rings. The van der Waals surface area contributed by atoms with E-state index in [0.717, 1.165) is 42.8 Å². The van der Waals surface area contributed by atoms with Crippen LogP contribution < -0.4 is 4.74 Å². The van der Waals surface area contributed by atoms with E-state index in [-0.39, 0.29) is 5.91 Å². The number of fused-ring (bicyclic) bond motifs is 1. The molecule has 1 N–H and O–H groups in total. The molecule has 0 bridgehead atoms. The molecule has 0 aliphatic carbocycles. The van der Waals surface area contributed by atoms with Crippen LogP contribution in [-0.2, 0) is 17.8 Å². The predicted molar refractivity (Wildman–Crippen MR) is 90.6 cm³/mol. The van der Waals surface area contributed by atoms with E-state index in [1.807, 2.05) is 17.2 Å².